The van der Waals surface area contributed by atoms with Crippen LogP contribution in [0.3, 0.4) is 0 Å². The third-order valence-corrected chi connectivity index (χ3v) is 7.20. The molecule has 1 aromatic heterocycles. The lowest BCUT2D eigenvalue weighted by Crippen LogP contribution is -2.29. The van der Waals surface area contributed by atoms with E-state index in [1.807, 2.05) is 24.3 Å². The molecule has 5 nitrogen and oxygen atoms in total. The molecule has 3 rings (SSSR count). The van der Waals surface area contributed by atoms with Crippen LogP contribution in [-0.4, -0.2) is 36.1 Å². The lowest BCUT2D eigenvalue weighted by Gasteiger charge is -2.16. The van der Waals surface area contributed by atoms with Gasteiger partial charge in [-0.15, -0.1) is 11.8 Å². The number of halogens is 1. The van der Waals surface area contributed by atoms with Gasteiger partial charge in [0.2, 0.25) is 10.0 Å². The molecule has 0 saturated carbocycles. The molecule has 134 valence electrons. The predicted molar refractivity (Wildman–Crippen MR) is 101 cm³/mol. The predicted octanol–water partition coefficient (Wildman–Crippen LogP) is 3.08. The van der Waals surface area contributed by atoms with Crippen molar-refractivity contribution in [3.8, 4) is 0 Å². The highest BCUT2D eigenvalue weighted by Gasteiger charge is 2.27. The number of aromatic nitrogens is 1. The summed E-state index contributed by atoms with van der Waals surface area (Å²) in [6.45, 7) is 1.54. The highest BCUT2D eigenvalue weighted by Crippen LogP contribution is 2.22. The van der Waals surface area contributed by atoms with Gasteiger partial charge in [-0.05, 0) is 43.2 Å². The second kappa shape index (κ2) is 7.95. The van der Waals surface area contributed by atoms with E-state index in [0.717, 1.165) is 17.7 Å². The standard InChI is InChI=1S/C17H19ClN2O3S2/c18-14-3-5-15(6-4-14)24-12-11-19-13-16(7-8-17(19)21)25(22,23)20-9-1-2-10-20/h3-8,13H,1-2,9-12H2. The molecule has 1 saturated heterocycles. The van der Waals surface area contributed by atoms with Crippen molar-refractivity contribution < 1.29 is 8.42 Å². The van der Waals surface area contributed by atoms with Crippen molar-refractivity contribution in [1.29, 1.82) is 0 Å². The Bertz CT molecular complexity index is 889. The van der Waals surface area contributed by atoms with Gasteiger partial charge in [-0.3, -0.25) is 4.79 Å². The highest BCUT2D eigenvalue weighted by atomic mass is 35.5. The van der Waals surface area contributed by atoms with E-state index in [1.165, 1.54) is 27.2 Å². The SMILES string of the molecule is O=c1ccc(S(=O)(=O)N2CCCC2)cn1CCSc1ccc(Cl)cc1. The highest BCUT2D eigenvalue weighted by molar-refractivity contribution is 7.99. The van der Waals surface area contributed by atoms with Gasteiger partial charge in [0.1, 0.15) is 0 Å². The second-order valence-electron chi connectivity index (χ2n) is 5.81. The zero-order chi connectivity index (χ0) is 17.9. The summed E-state index contributed by atoms with van der Waals surface area (Å²) in [5, 5.41) is 0.681. The molecular formula is C17H19ClN2O3S2. The van der Waals surface area contributed by atoms with Gasteiger partial charge in [0.05, 0.1) is 4.90 Å². The van der Waals surface area contributed by atoms with Gasteiger partial charge < -0.3 is 4.57 Å². The van der Waals surface area contributed by atoms with Gasteiger partial charge in [-0.2, -0.15) is 4.31 Å². The molecule has 2 heterocycles. The minimum absolute atomic E-state index is 0.186. The summed E-state index contributed by atoms with van der Waals surface area (Å²) in [7, 11) is -3.51. The number of benzene rings is 1. The fourth-order valence-corrected chi connectivity index (χ4v) is 5.22. The summed E-state index contributed by atoms with van der Waals surface area (Å²) in [5.74, 6) is 0.661. The van der Waals surface area contributed by atoms with Crippen LogP contribution in [-0.2, 0) is 16.6 Å². The third-order valence-electron chi connectivity index (χ3n) is 4.07. The molecule has 0 spiro atoms. The summed E-state index contributed by atoms with van der Waals surface area (Å²) in [4.78, 5) is 13.3. The molecular weight excluding hydrogens is 380 g/mol. The molecule has 1 aliphatic rings. The molecule has 0 aliphatic carbocycles. The first-order valence-electron chi connectivity index (χ1n) is 8.06. The van der Waals surface area contributed by atoms with Crippen LogP contribution in [0.25, 0.3) is 0 Å². The van der Waals surface area contributed by atoms with Crippen LogP contribution in [0.2, 0.25) is 5.02 Å². The normalized spacial score (nSPS) is 15.6. The van der Waals surface area contributed by atoms with Gasteiger partial charge in [0.15, 0.2) is 0 Å². The first-order valence-corrected chi connectivity index (χ1v) is 10.9. The van der Waals surface area contributed by atoms with Crippen LogP contribution in [0.5, 0.6) is 0 Å². The van der Waals surface area contributed by atoms with Crippen LogP contribution in [0.15, 0.2) is 57.2 Å². The summed E-state index contributed by atoms with van der Waals surface area (Å²) in [6.07, 6.45) is 3.23. The summed E-state index contributed by atoms with van der Waals surface area (Å²) < 4.78 is 28.2. The van der Waals surface area contributed by atoms with Crippen LogP contribution >= 0.6 is 23.4 Å². The fraction of sp³-hybridized carbons (Fsp3) is 0.353. The van der Waals surface area contributed by atoms with E-state index in [0.29, 0.717) is 30.4 Å². The van der Waals surface area contributed by atoms with Gasteiger partial charge in [-0.25, -0.2) is 8.42 Å². The molecule has 8 heteroatoms. The summed E-state index contributed by atoms with van der Waals surface area (Å²) in [5.41, 5.74) is -0.197. The average Bonchev–Trinajstić information content (AvgIpc) is 3.13. The Hall–Kier alpha value is -1.28. The van der Waals surface area contributed by atoms with Gasteiger partial charge in [-0.1, -0.05) is 11.6 Å². The zero-order valence-corrected chi connectivity index (χ0v) is 16.0. The minimum atomic E-state index is -3.51. The smallest absolute Gasteiger partial charge is 0.250 e. The maximum absolute atomic E-state index is 12.6. The number of hydrogen-bond acceptors (Lipinski definition) is 4. The molecule has 0 radical (unpaired) electrons. The zero-order valence-electron chi connectivity index (χ0n) is 13.6. The number of thioether (sulfide) groups is 1. The van der Waals surface area contributed by atoms with Gasteiger partial charge in [0, 0.05) is 47.6 Å². The Kier molecular flexibility index (Phi) is 5.89. The fourth-order valence-electron chi connectivity index (χ4n) is 2.71. The monoisotopic (exact) mass is 398 g/mol. The van der Waals surface area contributed by atoms with Crippen molar-refractivity contribution in [2.75, 3.05) is 18.8 Å². The Morgan fingerprint density at radius 2 is 1.72 bits per heavy atom. The third kappa shape index (κ3) is 4.47. The maximum Gasteiger partial charge on any atom is 0.250 e. The molecule has 0 N–H and O–H groups in total. The first-order chi connectivity index (χ1) is 12.0. The van der Waals surface area contributed by atoms with E-state index >= 15 is 0 Å². The van der Waals surface area contributed by atoms with Gasteiger partial charge in [0.25, 0.3) is 5.56 Å². The number of nitrogens with zero attached hydrogens (tertiary/aromatic N) is 2. The van der Waals surface area contributed by atoms with Crippen molar-refractivity contribution >= 4 is 33.4 Å². The van der Waals surface area contributed by atoms with E-state index < -0.39 is 10.0 Å². The van der Waals surface area contributed by atoms with Crippen molar-refractivity contribution in [3.63, 3.8) is 0 Å². The molecule has 0 bridgehead atoms. The van der Waals surface area contributed by atoms with Crippen LogP contribution < -0.4 is 5.56 Å². The molecule has 2 aromatic rings. The molecule has 0 atom stereocenters. The molecule has 1 aromatic carbocycles. The summed E-state index contributed by atoms with van der Waals surface area (Å²) in [6, 6.07) is 10.2. The molecule has 0 unspecified atom stereocenters. The molecule has 1 fully saturated rings. The number of sulfonamides is 1. The molecule has 1 aliphatic heterocycles. The topological polar surface area (TPSA) is 59.4 Å². The van der Waals surface area contributed by atoms with Crippen LogP contribution in [0.1, 0.15) is 12.8 Å². The Morgan fingerprint density at radius 1 is 1.04 bits per heavy atom. The van der Waals surface area contributed by atoms with E-state index in [4.69, 9.17) is 11.6 Å². The van der Waals surface area contributed by atoms with E-state index in [-0.39, 0.29) is 10.5 Å². The van der Waals surface area contributed by atoms with Crippen LogP contribution in [0.4, 0.5) is 0 Å². The number of pyridine rings is 1. The van der Waals surface area contributed by atoms with Crippen molar-refractivity contribution in [1.82, 2.24) is 8.87 Å². The van der Waals surface area contributed by atoms with Gasteiger partial charge >= 0.3 is 0 Å². The minimum Gasteiger partial charge on any atom is -0.313 e. The van der Waals surface area contributed by atoms with Crippen molar-refractivity contribution in [2.24, 2.45) is 0 Å². The van der Waals surface area contributed by atoms with E-state index in [2.05, 4.69) is 0 Å². The lowest BCUT2D eigenvalue weighted by molar-refractivity contribution is 0.476. The van der Waals surface area contributed by atoms with Crippen LogP contribution in [0, 0.1) is 0 Å². The maximum atomic E-state index is 12.6. The quantitative estimate of drug-likeness (QED) is 0.701. The Balaban J connectivity index is 1.71. The largest absolute Gasteiger partial charge is 0.313 e. The lowest BCUT2D eigenvalue weighted by atomic mass is 10.4. The first kappa shape index (κ1) is 18.5. The molecule has 0 amide bonds. The second-order valence-corrected chi connectivity index (χ2v) is 9.35. The average molecular weight is 399 g/mol. The van der Waals surface area contributed by atoms with E-state index in [1.54, 1.807) is 11.8 Å². The Labute approximate surface area is 156 Å². The van der Waals surface area contributed by atoms with Crippen molar-refractivity contribution in [2.45, 2.75) is 29.2 Å². The Morgan fingerprint density at radius 3 is 2.40 bits per heavy atom. The summed E-state index contributed by atoms with van der Waals surface area (Å²) >= 11 is 7.45. The van der Waals surface area contributed by atoms with Crippen molar-refractivity contribution in [3.05, 3.63) is 58.0 Å². The molecule has 25 heavy (non-hydrogen) atoms. The number of aryl methyl sites for hydroxylation is 1. The number of rotatable bonds is 6. The number of hydrogen-bond donors (Lipinski definition) is 0. The van der Waals surface area contributed by atoms with E-state index in [9.17, 15) is 13.2 Å².